The Morgan fingerprint density at radius 2 is 2.05 bits per heavy atom. The summed E-state index contributed by atoms with van der Waals surface area (Å²) in [5.74, 6) is 0.229. The van der Waals surface area contributed by atoms with Gasteiger partial charge in [0.05, 0.1) is 11.9 Å². The number of piperidine rings is 1. The molecule has 2 rings (SSSR count). The summed E-state index contributed by atoms with van der Waals surface area (Å²) in [4.78, 5) is 21.7. The maximum absolute atomic E-state index is 12.1. The minimum Gasteiger partial charge on any atom is -0.337 e. The van der Waals surface area contributed by atoms with Gasteiger partial charge in [0, 0.05) is 31.7 Å². The molecule has 0 radical (unpaired) electrons. The highest BCUT2D eigenvalue weighted by Gasteiger charge is 2.26. The first-order valence-electron chi connectivity index (χ1n) is 6.19. The molecule has 1 amide bonds. The first kappa shape index (κ1) is 13.9. The van der Waals surface area contributed by atoms with Gasteiger partial charge in [0.25, 0.3) is 5.91 Å². The Hall–Kier alpha value is -1.50. The van der Waals surface area contributed by atoms with Gasteiger partial charge in [0.1, 0.15) is 15.5 Å². The fraction of sp³-hybridized carbons (Fsp3) is 0.583. The highest BCUT2D eigenvalue weighted by atomic mass is 32.2. The Bertz CT molecular complexity index is 537. The van der Waals surface area contributed by atoms with Crippen LogP contribution in [0.3, 0.4) is 0 Å². The van der Waals surface area contributed by atoms with Crippen LogP contribution in [-0.2, 0) is 9.84 Å². The molecule has 0 saturated carbocycles. The van der Waals surface area contributed by atoms with Crippen molar-refractivity contribution in [2.45, 2.75) is 12.8 Å². The molecule has 19 heavy (non-hydrogen) atoms. The Morgan fingerprint density at radius 1 is 1.37 bits per heavy atom. The largest absolute Gasteiger partial charge is 0.337 e. The summed E-state index contributed by atoms with van der Waals surface area (Å²) >= 11 is 0. The number of hydrogen-bond donors (Lipinski definition) is 0. The molecule has 1 aromatic rings. The van der Waals surface area contributed by atoms with Gasteiger partial charge in [-0.05, 0) is 18.8 Å². The number of sulfone groups is 1. The average Bonchev–Trinajstić information content (AvgIpc) is 2.38. The van der Waals surface area contributed by atoms with E-state index in [1.54, 1.807) is 4.90 Å². The van der Waals surface area contributed by atoms with Gasteiger partial charge in [-0.3, -0.25) is 9.78 Å². The van der Waals surface area contributed by atoms with Gasteiger partial charge in [0.2, 0.25) is 0 Å². The van der Waals surface area contributed by atoms with E-state index in [0.29, 0.717) is 18.8 Å². The Balaban J connectivity index is 1.92. The van der Waals surface area contributed by atoms with E-state index in [4.69, 9.17) is 0 Å². The van der Waals surface area contributed by atoms with Crippen LogP contribution in [-0.4, -0.2) is 54.3 Å². The molecule has 7 heteroatoms. The topological polar surface area (TPSA) is 80.2 Å². The Kier molecular flexibility index (Phi) is 4.14. The number of amides is 1. The van der Waals surface area contributed by atoms with Crippen LogP contribution in [0.25, 0.3) is 0 Å². The molecule has 0 atom stereocenters. The molecule has 0 N–H and O–H groups in total. The maximum atomic E-state index is 12.1. The second-order valence-corrected chi connectivity index (χ2v) is 7.10. The molecule has 1 aliphatic rings. The van der Waals surface area contributed by atoms with Crippen molar-refractivity contribution in [1.29, 1.82) is 0 Å². The average molecular weight is 283 g/mol. The van der Waals surface area contributed by atoms with E-state index < -0.39 is 9.84 Å². The van der Waals surface area contributed by atoms with Gasteiger partial charge in [0.15, 0.2) is 0 Å². The number of carbonyl (C=O) groups excluding carboxylic acids is 1. The fourth-order valence-corrected chi connectivity index (χ4v) is 3.49. The summed E-state index contributed by atoms with van der Waals surface area (Å²) in [6.07, 6.45) is 7.16. The van der Waals surface area contributed by atoms with Crippen molar-refractivity contribution in [1.82, 2.24) is 14.9 Å². The second-order valence-electron chi connectivity index (χ2n) is 4.92. The molecule has 2 heterocycles. The van der Waals surface area contributed by atoms with E-state index in [1.807, 2.05) is 0 Å². The van der Waals surface area contributed by atoms with Crippen LogP contribution in [0, 0.1) is 5.92 Å². The lowest BCUT2D eigenvalue weighted by molar-refractivity contribution is 0.0692. The van der Waals surface area contributed by atoms with Gasteiger partial charge in [-0.15, -0.1) is 0 Å². The quantitative estimate of drug-likeness (QED) is 0.801. The molecule has 6 nitrogen and oxygen atoms in total. The number of carbonyl (C=O) groups is 1. The molecular weight excluding hydrogens is 266 g/mol. The summed E-state index contributed by atoms with van der Waals surface area (Å²) in [5.41, 5.74) is 0.337. The lowest BCUT2D eigenvalue weighted by Crippen LogP contribution is -2.40. The summed E-state index contributed by atoms with van der Waals surface area (Å²) in [5, 5.41) is 0. The Morgan fingerprint density at radius 3 is 2.58 bits per heavy atom. The first-order chi connectivity index (χ1) is 8.96. The van der Waals surface area contributed by atoms with Crippen LogP contribution in [0.1, 0.15) is 23.3 Å². The third-order valence-corrected chi connectivity index (χ3v) is 4.30. The van der Waals surface area contributed by atoms with Crippen LogP contribution >= 0.6 is 0 Å². The highest BCUT2D eigenvalue weighted by molar-refractivity contribution is 7.90. The number of hydrogen-bond acceptors (Lipinski definition) is 5. The van der Waals surface area contributed by atoms with E-state index in [1.165, 1.54) is 24.8 Å². The zero-order chi connectivity index (χ0) is 13.9. The molecule has 0 aromatic carbocycles. The molecule has 104 valence electrons. The summed E-state index contributed by atoms with van der Waals surface area (Å²) in [6.45, 7) is 1.16. The van der Waals surface area contributed by atoms with Gasteiger partial charge in [-0.25, -0.2) is 13.4 Å². The smallest absolute Gasteiger partial charge is 0.274 e. The van der Waals surface area contributed by atoms with Gasteiger partial charge in [-0.1, -0.05) is 0 Å². The summed E-state index contributed by atoms with van der Waals surface area (Å²) in [6, 6.07) is 0. The maximum Gasteiger partial charge on any atom is 0.274 e. The van der Waals surface area contributed by atoms with Gasteiger partial charge < -0.3 is 4.90 Å². The molecule has 0 bridgehead atoms. The number of likely N-dealkylation sites (tertiary alicyclic amines) is 1. The van der Waals surface area contributed by atoms with Crippen molar-refractivity contribution in [3.63, 3.8) is 0 Å². The zero-order valence-corrected chi connectivity index (χ0v) is 11.6. The monoisotopic (exact) mass is 283 g/mol. The third kappa shape index (κ3) is 3.99. The van der Waals surface area contributed by atoms with Crippen LogP contribution < -0.4 is 0 Å². The molecule has 0 aliphatic carbocycles. The predicted octanol–water partition coefficient (Wildman–Crippen LogP) is 0.373. The van der Waals surface area contributed by atoms with Crippen LogP contribution in [0.15, 0.2) is 18.6 Å². The summed E-state index contributed by atoms with van der Waals surface area (Å²) in [7, 11) is -2.94. The molecule has 1 aliphatic heterocycles. The Labute approximate surface area is 112 Å². The van der Waals surface area contributed by atoms with E-state index in [2.05, 4.69) is 9.97 Å². The molecule has 1 saturated heterocycles. The minimum absolute atomic E-state index is 0.133. The first-order valence-corrected chi connectivity index (χ1v) is 8.25. The van der Waals surface area contributed by atoms with Gasteiger partial charge >= 0.3 is 0 Å². The molecular formula is C12H17N3O3S. The number of rotatable bonds is 3. The third-order valence-electron chi connectivity index (χ3n) is 3.22. The van der Waals surface area contributed by atoms with Crippen molar-refractivity contribution in [2.75, 3.05) is 25.1 Å². The van der Waals surface area contributed by atoms with Crippen LogP contribution in [0.5, 0.6) is 0 Å². The SMILES string of the molecule is CS(=O)(=O)CC1CCN(C(=O)c2cnccn2)CC1. The number of aromatic nitrogens is 2. The van der Waals surface area contributed by atoms with Crippen molar-refractivity contribution in [3.8, 4) is 0 Å². The van der Waals surface area contributed by atoms with Crippen LogP contribution in [0.2, 0.25) is 0 Å². The standard InChI is InChI=1S/C12H17N3O3S/c1-19(17,18)9-10-2-6-15(7-3-10)12(16)11-8-13-4-5-14-11/h4-5,8,10H,2-3,6-7,9H2,1H3. The van der Waals surface area contributed by atoms with Crippen molar-refractivity contribution in [3.05, 3.63) is 24.3 Å². The van der Waals surface area contributed by atoms with Gasteiger partial charge in [-0.2, -0.15) is 0 Å². The second kappa shape index (κ2) is 5.64. The number of nitrogens with zero attached hydrogens (tertiary/aromatic N) is 3. The molecule has 1 fully saturated rings. The van der Waals surface area contributed by atoms with Crippen molar-refractivity contribution in [2.24, 2.45) is 5.92 Å². The van der Waals surface area contributed by atoms with E-state index in [-0.39, 0.29) is 17.6 Å². The minimum atomic E-state index is -2.94. The summed E-state index contributed by atoms with van der Waals surface area (Å²) < 4.78 is 22.5. The molecule has 1 aromatic heterocycles. The predicted molar refractivity (Wildman–Crippen MR) is 70.4 cm³/mol. The van der Waals surface area contributed by atoms with E-state index in [0.717, 1.165) is 12.8 Å². The zero-order valence-electron chi connectivity index (χ0n) is 10.8. The highest BCUT2D eigenvalue weighted by Crippen LogP contribution is 2.19. The lowest BCUT2D eigenvalue weighted by atomic mass is 9.99. The molecule has 0 unspecified atom stereocenters. The van der Waals surface area contributed by atoms with E-state index >= 15 is 0 Å². The van der Waals surface area contributed by atoms with E-state index in [9.17, 15) is 13.2 Å². The fourth-order valence-electron chi connectivity index (χ4n) is 2.30. The van der Waals surface area contributed by atoms with Crippen molar-refractivity contribution < 1.29 is 13.2 Å². The molecule has 0 spiro atoms. The van der Waals surface area contributed by atoms with Crippen LogP contribution in [0.4, 0.5) is 0 Å². The normalized spacial score (nSPS) is 17.4. The van der Waals surface area contributed by atoms with Crippen molar-refractivity contribution >= 4 is 15.7 Å². The lowest BCUT2D eigenvalue weighted by Gasteiger charge is -2.31.